The molecule has 1 fully saturated rings. The van der Waals surface area contributed by atoms with Gasteiger partial charge in [-0.2, -0.15) is 0 Å². The first kappa shape index (κ1) is 10.3. The van der Waals surface area contributed by atoms with Gasteiger partial charge in [-0.3, -0.25) is 0 Å². The molecular formula is C9H19N3O. The Morgan fingerprint density at radius 3 is 2.69 bits per heavy atom. The molecule has 1 heterocycles. The largest absolute Gasteiger partial charge is 0.333 e. The van der Waals surface area contributed by atoms with E-state index in [0.717, 1.165) is 13.0 Å². The van der Waals surface area contributed by atoms with Crippen LogP contribution in [0.4, 0.5) is 4.79 Å². The van der Waals surface area contributed by atoms with Crippen LogP contribution in [0.25, 0.3) is 0 Å². The molecule has 2 amide bonds. The molecular weight excluding hydrogens is 166 g/mol. The molecule has 13 heavy (non-hydrogen) atoms. The summed E-state index contributed by atoms with van der Waals surface area (Å²) in [5.74, 6) is 0. The van der Waals surface area contributed by atoms with Crippen LogP contribution in [0.5, 0.6) is 0 Å². The Labute approximate surface area is 79.5 Å². The summed E-state index contributed by atoms with van der Waals surface area (Å²) < 4.78 is 0. The number of hydrogen-bond acceptors (Lipinski definition) is 2. The number of amides is 2. The average molecular weight is 185 g/mol. The molecule has 0 aromatic heterocycles. The first-order valence-electron chi connectivity index (χ1n) is 4.79. The van der Waals surface area contributed by atoms with Crippen molar-refractivity contribution in [3.8, 4) is 0 Å². The van der Waals surface area contributed by atoms with Crippen LogP contribution < -0.4 is 11.1 Å². The van der Waals surface area contributed by atoms with Crippen molar-refractivity contribution in [3.63, 3.8) is 0 Å². The van der Waals surface area contributed by atoms with Crippen LogP contribution in [-0.4, -0.2) is 35.6 Å². The second-order valence-electron chi connectivity index (χ2n) is 4.18. The quantitative estimate of drug-likeness (QED) is 0.673. The van der Waals surface area contributed by atoms with Crippen molar-refractivity contribution < 1.29 is 4.79 Å². The molecule has 0 bridgehead atoms. The first-order chi connectivity index (χ1) is 6.01. The van der Waals surface area contributed by atoms with Crippen molar-refractivity contribution in [3.05, 3.63) is 0 Å². The van der Waals surface area contributed by atoms with Crippen molar-refractivity contribution in [2.24, 2.45) is 5.73 Å². The lowest BCUT2D eigenvalue weighted by atomic mass is 10.0. The molecule has 4 heteroatoms. The maximum atomic E-state index is 11.5. The van der Waals surface area contributed by atoms with Crippen molar-refractivity contribution in [2.75, 3.05) is 13.1 Å². The number of nitrogens with zero attached hydrogens (tertiary/aromatic N) is 1. The highest BCUT2D eigenvalue weighted by atomic mass is 16.2. The monoisotopic (exact) mass is 185 g/mol. The Hall–Kier alpha value is -0.770. The summed E-state index contributed by atoms with van der Waals surface area (Å²) in [5.41, 5.74) is 5.39. The molecule has 1 atom stereocenters. The van der Waals surface area contributed by atoms with Gasteiger partial charge in [0.25, 0.3) is 0 Å². The smallest absolute Gasteiger partial charge is 0.318 e. The van der Waals surface area contributed by atoms with Gasteiger partial charge in [0, 0.05) is 19.1 Å². The Kier molecular flexibility index (Phi) is 2.81. The standard InChI is InChI=1S/C9H19N3O/c1-4-7-5-12(8(13)11-7)9(2,3)6-10/h7H,4-6,10H2,1-3H3,(H,11,13). The van der Waals surface area contributed by atoms with Crippen LogP contribution in [0, 0.1) is 0 Å². The molecule has 0 radical (unpaired) electrons. The molecule has 4 nitrogen and oxygen atoms in total. The van der Waals surface area contributed by atoms with Crippen LogP contribution >= 0.6 is 0 Å². The average Bonchev–Trinajstić information content (AvgIpc) is 2.47. The van der Waals surface area contributed by atoms with E-state index in [9.17, 15) is 4.79 Å². The summed E-state index contributed by atoms with van der Waals surface area (Å²) in [6, 6.07) is 0.306. The maximum absolute atomic E-state index is 11.5. The van der Waals surface area contributed by atoms with E-state index in [1.54, 1.807) is 0 Å². The van der Waals surface area contributed by atoms with Gasteiger partial charge in [-0.05, 0) is 20.3 Å². The van der Waals surface area contributed by atoms with Gasteiger partial charge in [0.2, 0.25) is 0 Å². The Balaban J connectivity index is 2.67. The SMILES string of the molecule is CCC1CN(C(C)(C)CN)C(=O)N1. The fraction of sp³-hybridized carbons (Fsp3) is 0.889. The molecule has 0 saturated carbocycles. The van der Waals surface area contributed by atoms with Gasteiger partial charge in [0.1, 0.15) is 0 Å². The van der Waals surface area contributed by atoms with Crippen LogP contribution in [0.15, 0.2) is 0 Å². The predicted molar refractivity (Wildman–Crippen MR) is 52.5 cm³/mol. The van der Waals surface area contributed by atoms with Crippen molar-refractivity contribution in [1.82, 2.24) is 10.2 Å². The minimum atomic E-state index is -0.228. The number of nitrogens with one attached hydrogen (secondary N) is 1. The third-order valence-electron chi connectivity index (χ3n) is 2.70. The molecule has 1 unspecified atom stereocenters. The molecule has 0 aromatic carbocycles. The molecule has 76 valence electrons. The molecule has 1 aliphatic heterocycles. The number of nitrogens with two attached hydrogens (primary N) is 1. The number of carbonyl (C=O) groups is 1. The van der Waals surface area contributed by atoms with Crippen LogP contribution in [0.1, 0.15) is 27.2 Å². The molecule has 0 aliphatic carbocycles. The lowest BCUT2D eigenvalue weighted by Crippen LogP contribution is -2.50. The van der Waals surface area contributed by atoms with Crippen LogP contribution in [-0.2, 0) is 0 Å². The van der Waals surface area contributed by atoms with Gasteiger partial charge in [-0.25, -0.2) is 4.79 Å². The van der Waals surface area contributed by atoms with E-state index in [4.69, 9.17) is 5.73 Å². The minimum absolute atomic E-state index is 0.0160. The van der Waals surface area contributed by atoms with Crippen molar-refractivity contribution in [1.29, 1.82) is 0 Å². The van der Waals surface area contributed by atoms with Crippen molar-refractivity contribution >= 4 is 6.03 Å². The first-order valence-corrected chi connectivity index (χ1v) is 4.79. The Morgan fingerprint density at radius 2 is 2.31 bits per heavy atom. The summed E-state index contributed by atoms with van der Waals surface area (Å²) in [6.07, 6.45) is 0.975. The van der Waals surface area contributed by atoms with Gasteiger partial charge in [-0.15, -0.1) is 0 Å². The molecule has 1 rings (SSSR count). The fourth-order valence-electron chi connectivity index (χ4n) is 1.46. The topological polar surface area (TPSA) is 58.4 Å². The Bertz CT molecular complexity index is 203. The zero-order chi connectivity index (χ0) is 10.1. The molecule has 0 aromatic rings. The predicted octanol–water partition coefficient (Wildman–Crippen LogP) is 0.528. The fourth-order valence-corrected chi connectivity index (χ4v) is 1.46. The summed E-state index contributed by atoms with van der Waals surface area (Å²) in [4.78, 5) is 13.3. The highest BCUT2D eigenvalue weighted by Gasteiger charge is 2.36. The summed E-state index contributed by atoms with van der Waals surface area (Å²) in [7, 11) is 0. The van der Waals surface area contributed by atoms with Gasteiger partial charge in [0.15, 0.2) is 0 Å². The van der Waals surface area contributed by atoms with E-state index in [2.05, 4.69) is 12.2 Å². The minimum Gasteiger partial charge on any atom is -0.333 e. The zero-order valence-electron chi connectivity index (χ0n) is 8.63. The number of urea groups is 1. The third-order valence-corrected chi connectivity index (χ3v) is 2.70. The lowest BCUT2D eigenvalue weighted by molar-refractivity contribution is 0.163. The second kappa shape index (κ2) is 3.54. The number of rotatable bonds is 3. The number of hydrogen-bond donors (Lipinski definition) is 2. The Morgan fingerprint density at radius 1 is 1.69 bits per heavy atom. The maximum Gasteiger partial charge on any atom is 0.318 e. The molecule has 0 spiro atoms. The van der Waals surface area contributed by atoms with E-state index in [1.165, 1.54) is 0 Å². The second-order valence-corrected chi connectivity index (χ2v) is 4.18. The molecule has 1 saturated heterocycles. The van der Waals surface area contributed by atoms with E-state index >= 15 is 0 Å². The summed E-state index contributed by atoms with van der Waals surface area (Å²) in [6.45, 7) is 7.33. The zero-order valence-corrected chi connectivity index (χ0v) is 8.63. The highest BCUT2D eigenvalue weighted by Crippen LogP contribution is 2.18. The highest BCUT2D eigenvalue weighted by molar-refractivity contribution is 5.77. The van der Waals surface area contributed by atoms with Gasteiger partial charge in [0.05, 0.1) is 5.54 Å². The van der Waals surface area contributed by atoms with E-state index in [-0.39, 0.29) is 11.6 Å². The summed E-state index contributed by atoms with van der Waals surface area (Å²) in [5, 5.41) is 2.93. The van der Waals surface area contributed by atoms with Gasteiger partial charge < -0.3 is 16.0 Å². The van der Waals surface area contributed by atoms with Crippen LogP contribution in [0.3, 0.4) is 0 Å². The lowest BCUT2D eigenvalue weighted by Gasteiger charge is -2.33. The van der Waals surface area contributed by atoms with Gasteiger partial charge >= 0.3 is 6.03 Å². The van der Waals surface area contributed by atoms with E-state index in [1.807, 2.05) is 18.7 Å². The van der Waals surface area contributed by atoms with E-state index in [0.29, 0.717) is 12.6 Å². The third kappa shape index (κ3) is 1.94. The van der Waals surface area contributed by atoms with E-state index < -0.39 is 0 Å². The van der Waals surface area contributed by atoms with Crippen molar-refractivity contribution in [2.45, 2.75) is 38.8 Å². The van der Waals surface area contributed by atoms with Gasteiger partial charge in [-0.1, -0.05) is 6.92 Å². The normalized spacial score (nSPS) is 23.5. The summed E-state index contributed by atoms with van der Waals surface area (Å²) >= 11 is 0. The molecule has 3 N–H and O–H groups in total. The van der Waals surface area contributed by atoms with Crippen LogP contribution in [0.2, 0.25) is 0 Å². The number of carbonyl (C=O) groups excluding carboxylic acids is 1. The molecule has 1 aliphatic rings.